The molecule has 0 aliphatic heterocycles. The van der Waals surface area contributed by atoms with E-state index in [-0.39, 0.29) is 23.0 Å². The highest BCUT2D eigenvalue weighted by Gasteiger charge is 2.02. The van der Waals surface area contributed by atoms with E-state index < -0.39 is 0 Å². The maximum atomic E-state index is 8.81. The Morgan fingerprint density at radius 3 is 2.24 bits per heavy atom. The highest BCUT2D eigenvalue weighted by atomic mass is 15.1. The van der Waals surface area contributed by atoms with Crippen LogP contribution < -0.4 is 17.2 Å². The molecule has 0 aliphatic rings. The molecule has 0 fully saturated rings. The van der Waals surface area contributed by atoms with E-state index in [4.69, 9.17) is 27.7 Å². The van der Waals surface area contributed by atoms with Gasteiger partial charge >= 0.3 is 0 Å². The van der Waals surface area contributed by atoms with Crippen LogP contribution in [0.1, 0.15) is 11.1 Å². The van der Waals surface area contributed by atoms with E-state index in [1.807, 2.05) is 12.1 Å². The van der Waals surface area contributed by atoms with Crippen molar-refractivity contribution >= 4 is 17.6 Å². The Labute approximate surface area is 97.5 Å². The van der Waals surface area contributed by atoms with Gasteiger partial charge in [0.2, 0.25) is 5.96 Å². The van der Waals surface area contributed by atoms with Crippen molar-refractivity contribution < 1.29 is 0 Å². The first kappa shape index (κ1) is 12.0. The van der Waals surface area contributed by atoms with Crippen LogP contribution in [0.5, 0.6) is 0 Å². The fraction of sp³-hybridized carbons (Fsp3) is 0. The molecule has 0 amide bonds. The van der Waals surface area contributed by atoms with Crippen molar-refractivity contribution in [2.24, 2.45) is 27.2 Å². The lowest BCUT2D eigenvalue weighted by molar-refractivity contribution is 1.36. The number of nitriles is 2. The second-order valence-corrected chi connectivity index (χ2v) is 2.96. The van der Waals surface area contributed by atoms with Gasteiger partial charge in [0.25, 0.3) is 0 Å². The summed E-state index contributed by atoms with van der Waals surface area (Å²) in [4.78, 5) is 7.39. The van der Waals surface area contributed by atoms with Gasteiger partial charge in [-0.05, 0) is 18.2 Å². The minimum atomic E-state index is -0.208. The van der Waals surface area contributed by atoms with Gasteiger partial charge in [-0.2, -0.15) is 15.5 Å². The molecule has 0 heterocycles. The zero-order chi connectivity index (χ0) is 12.8. The Balaban J connectivity index is 3.16. The molecular formula is C10H9N7. The van der Waals surface area contributed by atoms with E-state index in [0.29, 0.717) is 5.69 Å². The number of aliphatic imine (C=N–C) groups is 2. The van der Waals surface area contributed by atoms with Crippen LogP contribution in [-0.4, -0.2) is 11.9 Å². The Kier molecular flexibility index (Phi) is 3.63. The fourth-order valence-corrected chi connectivity index (χ4v) is 1.08. The molecule has 1 aromatic rings. The Bertz CT molecular complexity index is 567. The van der Waals surface area contributed by atoms with Gasteiger partial charge in [0, 0.05) is 0 Å². The van der Waals surface area contributed by atoms with Crippen LogP contribution >= 0.6 is 0 Å². The molecule has 1 rings (SSSR count). The molecule has 0 saturated heterocycles. The van der Waals surface area contributed by atoms with E-state index in [1.54, 1.807) is 0 Å². The summed E-state index contributed by atoms with van der Waals surface area (Å²) < 4.78 is 0. The largest absolute Gasteiger partial charge is 0.370 e. The Morgan fingerprint density at radius 2 is 1.71 bits per heavy atom. The molecule has 0 spiro atoms. The van der Waals surface area contributed by atoms with Crippen molar-refractivity contribution in [1.82, 2.24) is 0 Å². The van der Waals surface area contributed by atoms with Gasteiger partial charge in [-0.15, -0.1) is 0 Å². The van der Waals surface area contributed by atoms with Gasteiger partial charge in [0.1, 0.15) is 12.1 Å². The van der Waals surface area contributed by atoms with Crippen LogP contribution in [0.15, 0.2) is 28.2 Å². The van der Waals surface area contributed by atoms with Crippen LogP contribution in [0.25, 0.3) is 0 Å². The number of hydrogen-bond acceptors (Lipinski definition) is 3. The molecule has 0 aromatic heterocycles. The predicted octanol–water partition coefficient (Wildman–Crippen LogP) is -0.350. The minimum absolute atomic E-state index is 0.126. The summed E-state index contributed by atoms with van der Waals surface area (Å²) in [5, 5.41) is 17.5. The molecule has 0 aliphatic carbocycles. The lowest BCUT2D eigenvalue weighted by atomic mass is 10.1. The third-order valence-electron chi connectivity index (χ3n) is 1.73. The number of rotatable bonds is 1. The molecule has 84 valence electrons. The smallest absolute Gasteiger partial charge is 0.223 e. The van der Waals surface area contributed by atoms with E-state index in [0.717, 1.165) is 0 Å². The van der Waals surface area contributed by atoms with E-state index >= 15 is 0 Å². The summed E-state index contributed by atoms with van der Waals surface area (Å²) in [7, 11) is 0. The molecule has 7 nitrogen and oxygen atoms in total. The lowest BCUT2D eigenvalue weighted by Gasteiger charge is -1.98. The second kappa shape index (κ2) is 5.14. The zero-order valence-electron chi connectivity index (χ0n) is 8.75. The van der Waals surface area contributed by atoms with Gasteiger partial charge in [-0.25, -0.2) is 4.99 Å². The highest BCUT2D eigenvalue weighted by Crippen LogP contribution is 2.17. The average molecular weight is 227 g/mol. The molecule has 7 heteroatoms. The normalized spacial score (nSPS) is 10.1. The van der Waals surface area contributed by atoms with Crippen LogP contribution in [0.2, 0.25) is 0 Å². The van der Waals surface area contributed by atoms with Crippen molar-refractivity contribution in [1.29, 1.82) is 10.5 Å². The summed E-state index contributed by atoms with van der Waals surface area (Å²) in [6.07, 6.45) is 0. The molecule has 17 heavy (non-hydrogen) atoms. The molecule has 6 N–H and O–H groups in total. The molecule has 0 saturated carbocycles. The first-order chi connectivity index (χ1) is 8.06. The first-order valence-electron chi connectivity index (χ1n) is 4.45. The first-order valence-corrected chi connectivity index (χ1v) is 4.45. The van der Waals surface area contributed by atoms with Gasteiger partial charge in [-0.1, -0.05) is 0 Å². The van der Waals surface area contributed by atoms with Crippen LogP contribution in [-0.2, 0) is 0 Å². The van der Waals surface area contributed by atoms with Crippen LogP contribution in [0.3, 0.4) is 0 Å². The Morgan fingerprint density at radius 1 is 1.06 bits per heavy atom. The van der Waals surface area contributed by atoms with Crippen molar-refractivity contribution in [2.75, 3.05) is 0 Å². The maximum absolute atomic E-state index is 8.81. The number of guanidine groups is 2. The monoisotopic (exact) mass is 227 g/mol. The van der Waals surface area contributed by atoms with Crippen LogP contribution in [0.4, 0.5) is 5.69 Å². The number of nitrogens with two attached hydrogens (primary N) is 3. The predicted molar refractivity (Wildman–Crippen MR) is 63.0 cm³/mol. The van der Waals surface area contributed by atoms with Crippen molar-refractivity contribution in [3.63, 3.8) is 0 Å². The van der Waals surface area contributed by atoms with E-state index in [1.165, 1.54) is 18.2 Å². The molecular weight excluding hydrogens is 218 g/mol. The third kappa shape index (κ3) is 3.22. The van der Waals surface area contributed by atoms with Crippen molar-refractivity contribution in [3.8, 4) is 12.1 Å². The van der Waals surface area contributed by atoms with Crippen LogP contribution in [0, 0.1) is 22.7 Å². The van der Waals surface area contributed by atoms with Crippen molar-refractivity contribution in [2.45, 2.75) is 0 Å². The number of nitrogens with zero attached hydrogens (tertiary/aromatic N) is 4. The SMILES string of the molecule is N#Cc1ccc(N=C(N)N=C(N)N)cc1C#N. The molecule has 1 aromatic carbocycles. The minimum Gasteiger partial charge on any atom is -0.370 e. The zero-order valence-corrected chi connectivity index (χ0v) is 8.75. The summed E-state index contributed by atoms with van der Waals surface area (Å²) in [6.45, 7) is 0. The molecule has 0 unspecified atom stereocenters. The Hall–Kier alpha value is -3.06. The summed E-state index contributed by atoms with van der Waals surface area (Å²) >= 11 is 0. The number of hydrogen-bond donors (Lipinski definition) is 3. The quantitative estimate of drug-likeness (QED) is 0.442. The average Bonchev–Trinajstić information content (AvgIpc) is 2.27. The molecule has 0 bridgehead atoms. The third-order valence-corrected chi connectivity index (χ3v) is 1.73. The van der Waals surface area contributed by atoms with Gasteiger partial charge < -0.3 is 17.2 Å². The maximum Gasteiger partial charge on any atom is 0.223 e. The van der Waals surface area contributed by atoms with E-state index in [9.17, 15) is 0 Å². The standard InChI is InChI=1S/C10H9N7/c11-4-6-1-2-8(3-7(6)5-12)16-10(15)17-9(13)14/h1-3H,(H6,13,14,15,16,17). The van der Waals surface area contributed by atoms with Gasteiger partial charge in [0.05, 0.1) is 16.8 Å². The molecule has 0 radical (unpaired) electrons. The highest BCUT2D eigenvalue weighted by molar-refractivity contribution is 5.93. The summed E-state index contributed by atoms with van der Waals surface area (Å²) in [5.74, 6) is -0.334. The van der Waals surface area contributed by atoms with Gasteiger partial charge in [-0.3, -0.25) is 0 Å². The lowest BCUT2D eigenvalue weighted by Crippen LogP contribution is -2.26. The molecule has 0 atom stereocenters. The topological polar surface area (TPSA) is 150 Å². The van der Waals surface area contributed by atoms with Gasteiger partial charge in [0.15, 0.2) is 5.96 Å². The summed E-state index contributed by atoms with van der Waals surface area (Å²) in [5.41, 5.74) is 16.5. The fourth-order valence-electron chi connectivity index (χ4n) is 1.08. The second-order valence-electron chi connectivity index (χ2n) is 2.96. The summed E-state index contributed by atoms with van der Waals surface area (Å²) in [6, 6.07) is 8.21. The van der Waals surface area contributed by atoms with Crippen molar-refractivity contribution in [3.05, 3.63) is 29.3 Å². The number of benzene rings is 1. The van der Waals surface area contributed by atoms with E-state index in [2.05, 4.69) is 9.98 Å².